The Morgan fingerprint density at radius 1 is 1.35 bits per heavy atom. The van der Waals surface area contributed by atoms with E-state index in [0.29, 0.717) is 18.0 Å². The van der Waals surface area contributed by atoms with Crippen molar-refractivity contribution in [3.8, 4) is 0 Å². The first kappa shape index (κ1) is 17.1. The Kier molecular flexibility index (Phi) is 5.15. The van der Waals surface area contributed by atoms with Crippen LogP contribution in [-0.4, -0.2) is 70.7 Å². The number of nitrogens with zero attached hydrogens (tertiary/aromatic N) is 3. The third-order valence-corrected chi connectivity index (χ3v) is 4.29. The number of amides is 5. The Hall–Kier alpha value is -2.22. The minimum absolute atomic E-state index is 0.0229. The van der Waals surface area contributed by atoms with Crippen molar-refractivity contribution in [2.75, 3.05) is 26.2 Å². The van der Waals surface area contributed by atoms with Crippen molar-refractivity contribution in [3.63, 3.8) is 0 Å². The van der Waals surface area contributed by atoms with Gasteiger partial charge < -0.3 is 10.6 Å². The van der Waals surface area contributed by atoms with Gasteiger partial charge in [0, 0.05) is 25.7 Å². The normalized spacial score (nSPS) is 23.5. The Morgan fingerprint density at radius 3 is 2.61 bits per heavy atom. The van der Waals surface area contributed by atoms with Crippen LogP contribution in [0.5, 0.6) is 0 Å². The molecule has 2 rings (SSSR count). The molecule has 0 bridgehead atoms. The number of hydrogen-bond acceptors (Lipinski definition) is 5. The summed E-state index contributed by atoms with van der Waals surface area (Å²) in [6, 6.07) is -0.792. The van der Waals surface area contributed by atoms with Crippen LogP contribution in [0.25, 0.3) is 0 Å². The lowest BCUT2D eigenvalue weighted by Crippen LogP contribution is -2.49. The Balaban J connectivity index is 2.02. The average Bonchev–Trinajstić information content (AvgIpc) is 2.73. The summed E-state index contributed by atoms with van der Waals surface area (Å²) in [5, 5.41) is 0. The second-order valence-electron chi connectivity index (χ2n) is 5.98. The summed E-state index contributed by atoms with van der Waals surface area (Å²) in [5.41, 5.74) is 5.89. The lowest BCUT2D eigenvalue weighted by Gasteiger charge is -2.35. The number of piperidine rings is 1. The molecule has 0 spiro atoms. The fourth-order valence-corrected chi connectivity index (χ4v) is 2.88. The van der Waals surface area contributed by atoms with Crippen molar-refractivity contribution in [3.05, 3.63) is 12.7 Å². The molecule has 2 N–H and O–H groups in total. The molecule has 2 unspecified atom stereocenters. The third-order valence-electron chi connectivity index (χ3n) is 4.29. The maximum Gasteiger partial charge on any atom is 0.335 e. The number of rotatable bonds is 5. The molecule has 2 fully saturated rings. The molecule has 0 aromatic carbocycles. The van der Waals surface area contributed by atoms with Crippen molar-refractivity contribution >= 4 is 23.8 Å². The molecule has 2 aliphatic heterocycles. The van der Waals surface area contributed by atoms with Crippen LogP contribution < -0.4 is 5.73 Å². The van der Waals surface area contributed by atoms with E-state index in [-0.39, 0.29) is 24.4 Å². The van der Waals surface area contributed by atoms with E-state index in [9.17, 15) is 19.2 Å². The number of urea groups is 1. The molecule has 5 amide bonds. The second-order valence-corrected chi connectivity index (χ2v) is 5.98. The number of nitrogens with two attached hydrogens (primary N) is 1. The average molecular weight is 322 g/mol. The Labute approximate surface area is 134 Å². The molecule has 0 aromatic rings. The maximum atomic E-state index is 12.4. The van der Waals surface area contributed by atoms with Crippen LogP contribution in [0.1, 0.15) is 19.8 Å². The van der Waals surface area contributed by atoms with E-state index in [1.807, 2.05) is 6.92 Å². The smallest absolute Gasteiger partial charge is 0.335 e. The van der Waals surface area contributed by atoms with Gasteiger partial charge in [0.1, 0.15) is 6.54 Å². The Bertz CT molecular complexity index is 546. The first-order valence-electron chi connectivity index (χ1n) is 7.68. The molecule has 0 saturated carbocycles. The summed E-state index contributed by atoms with van der Waals surface area (Å²) >= 11 is 0. The largest absolute Gasteiger partial charge is 0.341 e. The van der Waals surface area contributed by atoms with Crippen LogP contribution in [0, 0.1) is 5.92 Å². The van der Waals surface area contributed by atoms with Crippen LogP contribution in [0.15, 0.2) is 12.7 Å². The van der Waals surface area contributed by atoms with E-state index in [1.54, 1.807) is 4.90 Å². The lowest BCUT2D eigenvalue weighted by atomic mass is 9.92. The standard InChI is InChI=1S/C15H22N4O4/c1-3-6-18-13(21)14(22)19(15(18)23)9-12(20)17-7-4-5-11(8-17)10(2)16/h3,10-11H,1,4-9,16H2,2H3. The van der Waals surface area contributed by atoms with Gasteiger partial charge in [-0.25, -0.2) is 9.69 Å². The summed E-state index contributed by atoms with van der Waals surface area (Å²) in [6.45, 7) is 5.96. The molecular formula is C15H22N4O4. The molecule has 0 aromatic heterocycles. The number of carbonyl (C=O) groups is 4. The SMILES string of the molecule is C=CCN1C(=O)C(=O)N(CC(=O)N2CCCC(C(C)N)C2)C1=O. The molecule has 0 aliphatic carbocycles. The van der Waals surface area contributed by atoms with Crippen LogP contribution in [0.2, 0.25) is 0 Å². The third kappa shape index (κ3) is 3.42. The molecule has 2 aliphatic rings. The number of hydrogen-bond donors (Lipinski definition) is 1. The van der Waals surface area contributed by atoms with Gasteiger partial charge in [0.2, 0.25) is 5.91 Å². The van der Waals surface area contributed by atoms with Crippen molar-refractivity contribution in [1.82, 2.24) is 14.7 Å². The van der Waals surface area contributed by atoms with Crippen LogP contribution in [0.3, 0.4) is 0 Å². The summed E-state index contributed by atoms with van der Waals surface area (Å²) in [4.78, 5) is 51.2. The van der Waals surface area contributed by atoms with Gasteiger partial charge in [0.15, 0.2) is 0 Å². The molecule has 2 atom stereocenters. The van der Waals surface area contributed by atoms with E-state index in [4.69, 9.17) is 5.73 Å². The molecule has 0 radical (unpaired) electrons. The van der Waals surface area contributed by atoms with Crippen LogP contribution >= 0.6 is 0 Å². The van der Waals surface area contributed by atoms with Gasteiger partial charge in [-0.2, -0.15) is 0 Å². The van der Waals surface area contributed by atoms with E-state index in [0.717, 1.165) is 17.7 Å². The number of likely N-dealkylation sites (tertiary alicyclic amines) is 1. The maximum absolute atomic E-state index is 12.4. The fourth-order valence-electron chi connectivity index (χ4n) is 2.88. The van der Waals surface area contributed by atoms with E-state index in [2.05, 4.69) is 6.58 Å². The van der Waals surface area contributed by atoms with Gasteiger partial charge in [0.05, 0.1) is 0 Å². The van der Waals surface area contributed by atoms with Gasteiger partial charge in [-0.15, -0.1) is 6.58 Å². The first-order chi connectivity index (χ1) is 10.9. The van der Waals surface area contributed by atoms with Crippen molar-refractivity contribution < 1.29 is 19.2 Å². The zero-order chi connectivity index (χ0) is 17.1. The molecular weight excluding hydrogens is 300 g/mol. The van der Waals surface area contributed by atoms with E-state index < -0.39 is 24.4 Å². The predicted molar refractivity (Wildman–Crippen MR) is 82.0 cm³/mol. The Morgan fingerprint density at radius 2 is 2.00 bits per heavy atom. The quantitative estimate of drug-likeness (QED) is 0.419. The van der Waals surface area contributed by atoms with Crippen molar-refractivity contribution in [2.45, 2.75) is 25.8 Å². The minimum atomic E-state index is -0.967. The van der Waals surface area contributed by atoms with Gasteiger partial charge in [-0.05, 0) is 25.7 Å². The van der Waals surface area contributed by atoms with E-state index >= 15 is 0 Å². The monoisotopic (exact) mass is 322 g/mol. The first-order valence-corrected chi connectivity index (χ1v) is 7.68. The van der Waals surface area contributed by atoms with Crippen LogP contribution in [0.4, 0.5) is 4.79 Å². The van der Waals surface area contributed by atoms with Gasteiger partial charge >= 0.3 is 17.8 Å². The lowest BCUT2D eigenvalue weighted by molar-refractivity contribution is -0.145. The zero-order valence-corrected chi connectivity index (χ0v) is 13.2. The minimum Gasteiger partial charge on any atom is -0.341 e. The highest BCUT2D eigenvalue weighted by Gasteiger charge is 2.45. The second kappa shape index (κ2) is 6.91. The van der Waals surface area contributed by atoms with Crippen LogP contribution in [-0.2, 0) is 14.4 Å². The highest BCUT2D eigenvalue weighted by Crippen LogP contribution is 2.20. The number of carbonyl (C=O) groups excluding carboxylic acids is 4. The predicted octanol–water partition coefficient (Wildman–Crippen LogP) is -0.451. The summed E-state index contributed by atoms with van der Waals surface area (Å²) in [5.74, 6) is -2.03. The molecule has 23 heavy (non-hydrogen) atoms. The fraction of sp³-hybridized carbons (Fsp3) is 0.600. The molecule has 2 saturated heterocycles. The highest BCUT2D eigenvalue weighted by atomic mass is 16.2. The summed E-state index contributed by atoms with van der Waals surface area (Å²) < 4.78 is 0. The van der Waals surface area contributed by atoms with Gasteiger partial charge in [-0.1, -0.05) is 6.08 Å². The zero-order valence-electron chi connectivity index (χ0n) is 13.2. The molecule has 8 nitrogen and oxygen atoms in total. The summed E-state index contributed by atoms with van der Waals surface area (Å²) in [7, 11) is 0. The highest BCUT2D eigenvalue weighted by molar-refractivity contribution is 6.45. The summed E-state index contributed by atoms with van der Waals surface area (Å²) in [6.07, 6.45) is 3.14. The number of imide groups is 2. The van der Waals surface area contributed by atoms with Gasteiger partial charge in [-0.3, -0.25) is 19.3 Å². The topological polar surface area (TPSA) is 104 Å². The van der Waals surface area contributed by atoms with Gasteiger partial charge in [0.25, 0.3) is 0 Å². The molecule has 8 heteroatoms. The molecule has 2 heterocycles. The molecule has 126 valence electrons. The van der Waals surface area contributed by atoms with Crippen molar-refractivity contribution in [1.29, 1.82) is 0 Å². The van der Waals surface area contributed by atoms with Crippen molar-refractivity contribution in [2.24, 2.45) is 11.7 Å². The van der Waals surface area contributed by atoms with E-state index in [1.165, 1.54) is 6.08 Å².